The molecule has 0 radical (unpaired) electrons. The number of hydrogen-bond donors (Lipinski definition) is 0. The van der Waals surface area contributed by atoms with E-state index in [4.69, 9.17) is 0 Å². The van der Waals surface area contributed by atoms with Crippen LogP contribution in [0.25, 0.3) is 10.2 Å². The van der Waals surface area contributed by atoms with Crippen LogP contribution in [0.1, 0.15) is 25.5 Å². The van der Waals surface area contributed by atoms with Crippen molar-refractivity contribution in [2.45, 2.75) is 19.8 Å². The van der Waals surface area contributed by atoms with Crippen molar-refractivity contribution in [1.82, 2.24) is 4.57 Å². The Kier molecular flexibility index (Phi) is 1.72. The summed E-state index contributed by atoms with van der Waals surface area (Å²) >= 11 is 1.82. The lowest BCUT2D eigenvalue weighted by Crippen LogP contribution is -1.96. The Morgan fingerprint density at radius 3 is 2.75 bits per heavy atom. The van der Waals surface area contributed by atoms with E-state index in [1.165, 1.54) is 15.9 Å². The van der Waals surface area contributed by atoms with E-state index in [1.807, 2.05) is 11.3 Å². The molecule has 0 atom stereocenters. The maximum atomic E-state index is 2.30. The first-order valence-electron chi connectivity index (χ1n) is 4.23. The Balaban J connectivity index is 2.70. The average Bonchev–Trinajstić information content (AvgIpc) is 2.53. The number of fused-ring (bicyclic) bond motifs is 1. The molecule has 2 heteroatoms. The number of aromatic nitrogens is 1. The van der Waals surface area contributed by atoms with Gasteiger partial charge >= 0.3 is 0 Å². The van der Waals surface area contributed by atoms with Gasteiger partial charge in [0.05, 0.1) is 10.2 Å². The lowest BCUT2D eigenvalue weighted by Gasteiger charge is -2.06. The highest BCUT2D eigenvalue weighted by molar-refractivity contribution is 7.17. The average molecular weight is 179 g/mol. The Bertz CT molecular complexity index is 395. The summed E-state index contributed by atoms with van der Waals surface area (Å²) in [5, 5.41) is 2.15. The van der Waals surface area contributed by atoms with Gasteiger partial charge in [0.25, 0.3) is 0 Å². The van der Waals surface area contributed by atoms with Gasteiger partial charge in [-0.2, -0.15) is 0 Å². The van der Waals surface area contributed by atoms with Gasteiger partial charge < -0.3 is 4.57 Å². The molecule has 0 spiro atoms. The summed E-state index contributed by atoms with van der Waals surface area (Å²) in [6.45, 7) is 4.47. The van der Waals surface area contributed by atoms with Crippen molar-refractivity contribution >= 4 is 21.6 Å². The van der Waals surface area contributed by atoms with Crippen molar-refractivity contribution in [3.05, 3.63) is 23.2 Å². The molecule has 2 heterocycles. The van der Waals surface area contributed by atoms with Crippen LogP contribution in [0, 0.1) is 0 Å². The van der Waals surface area contributed by atoms with E-state index in [1.54, 1.807) is 0 Å². The SMILES string of the molecule is CC(C)c1cc2sccc2n1C. The van der Waals surface area contributed by atoms with Crippen LogP contribution in [0.2, 0.25) is 0 Å². The van der Waals surface area contributed by atoms with Gasteiger partial charge in [0, 0.05) is 12.7 Å². The molecule has 0 fully saturated rings. The number of aryl methyl sites for hydroxylation is 1. The maximum absolute atomic E-state index is 2.30. The Labute approximate surface area is 76.6 Å². The fourth-order valence-electron chi connectivity index (χ4n) is 1.62. The Hall–Kier alpha value is -0.760. The molecule has 1 nitrogen and oxygen atoms in total. The summed E-state index contributed by atoms with van der Waals surface area (Å²) < 4.78 is 3.69. The zero-order valence-corrected chi connectivity index (χ0v) is 8.48. The third kappa shape index (κ3) is 0.985. The van der Waals surface area contributed by atoms with E-state index < -0.39 is 0 Å². The Morgan fingerprint density at radius 2 is 2.17 bits per heavy atom. The minimum atomic E-state index is 0.620. The van der Waals surface area contributed by atoms with E-state index in [0.717, 1.165) is 0 Å². The molecule has 0 saturated carbocycles. The molecule has 0 aliphatic carbocycles. The van der Waals surface area contributed by atoms with Gasteiger partial charge in [-0.15, -0.1) is 11.3 Å². The van der Waals surface area contributed by atoms with Gasteiger partial charge in [-0.3, -0.25) is 0 Å². The first-order valence-corrected chi connectivity index (χ1v) is 5.11. The van der Waals surface area contributed by atoms with Gasteiger partial charge in [-0.05, 0) is 23.4 Å². The molecule has 0 aliphatic heterocycles. The number of thiophene rings is 1. The molecule has 0 amide bonds. The van der Waals surface area contributed by atoms with Crippen LogP contribution in [0.3, 0.4) is 0 Å². The molecule has 0 N–H and O–H groups in total. The lowest BCUT2D eigenvalue weighted by molar-refractivity contribution is 0.755. The zero-order valence-electron chi connectivity index (χ0n) is 7.66. The van der Waals surface area contributed by atoms with Crippen molar-refractivity contribution in [3.8, 4) is 0 Å². The van der Waals surface area contributed by atoms with Gasteiger partial charge in [-0.1, -0.05) is 13.8 Å². The van der Waals surface area contributed by atoms with Crippen molar-refractivity contribution in [2.24, 2.45) is 7.05 Å². The van der Waals surface area contributed by atoms with Crippen molar-refractivity contribution < 1.29 is 0 Å². The van der Waals surface area contributed by atoms with E-state index in [9.17, 15) is 0 Å². The molecule has 64 valence electrons. The van der Waals surface area contributed by atoms with Crippen molar-refractivity contribution in [2.75, 3.05) is 0 Å². The standard InChI is InChI=1S/C10H13NS/c1-7(2)9-6-10-8(11(9)3)4-5-12-10/h4-7H,1-3H3. The van der Waals surface area contributed by atoms with E-state index >= 15 is 0 Å². The lowest BCUT2D eigenvalue weighted by atomic mass is 10.1. The Morgan fingerprint density at radius 1 is 1.42 bits per heavy atom. The van der Waals surface area contributed by atoms with E-state index in [2.05, 4.69) is 43.0 Å². The summed E-state index contributed by atoms with van der Waals surface area (Å²) in [7, 11) is 2.14. The minimum absolute atomic E-state index is 0.620. The third-order valence-electron chi connectivity index (χ3n) is 2.29. The fourth-order valence-corrected chi connectivity index (χ4v) is 2.48. The van der Waals surface area contributed by atoms with Gasteiger partial charge in [0.15, 0.2) is 0 Å². The second-order valence-electron chi connectivity index (χ2n) is 3.45. The molecule has 0 unspecified atom stereocenters. The van der Waals surface area contributed by atoms with Gasteiger partial charge in [0.2, 0.25) is 0 Å². The largest absolute Gasteiger partial charge is 0.347 e. The molecule has 0 saturated heterocycles. The monoisotopic (exact) mass is 179 g/mol. The molecular formula is C10H13NS. The van der Waals surface area contributed by atoms with E-state index in [-0.39, 0.29) is 0 Å². The van der Waals surface area contributed by atoms with Crippen molar-refractivity contribution in [3.63, 3.8) is 0 Å². The smallest absolute Gasteiger partial charge is 0.0589 e. The normalized spacial score (nSPS) is 11.7. The van der Waals surface area contributed by atoms with Crippen LogP contribution in [0.5, 0.6) is 0 Å². The first kappa shape index (κ1) is 7.87. The predicted octanol–water partition coefficient (Wildman–Crippen LogP) is 3.36. The fraction of sp³-hybridized carbons (Fsp3) is 0.400. The summed E-state index contributed by atoms with van der Waals surface area (Å²) in [5.74, 6) is 0.620. The first-order chi connectivity index (χ1) is 5.70. The second kappa shape index (κ2) is 2.63. The zero-order chi connectivity index (χ0) is 8.72. The van der Waals surface area contributed by atoms with E-state index in [0.29, 0.717) is 5.92 Å². The summed E-state index contributed by atoms with van der Waals surface area (Å²) in [6.07, 6.45) is 0. The third-order valence-corrected chi connectivity index (χ3v) is 3.15. The van der Waals surface area contributed by atoms with Crippen LogP contribution in [-0.2, 0) is 7.05 Å². The number of hydrogen-bond acceptors (Lipinski definition) is 1. The molecule has 2 aromatic heterocycles. The molecule has 0 aromatic carbocycles. The molecule has 0 bridgehead atoms. The van der Waals surface area contributed by atoms with Crippen LogP contribution in [0.15, 0.2) is 17.5 Å². The quantitative estimate of drug-likeness (QED) is 0.632. The highest BCUT2D eigenvalue weighted by atomic mass is 32.1. The highest BCUT2D eigenvalue weighted by Gasteiger charge is 2.08. The molecular weight excluding hydrogens is 166 g/mol. The molecule has 12 heavy (non-hydrogen) atoms. The second-order valence-corrected chi connectivity index (χ2v) is 4.40. The van der Waals surface area contributed by atoms with Crippen LogP contribution in [-0.4, -0.2) is 4.57 Å². The van der Waals surface area contributed by atoms with Crippen LogP contribution < -0.4 is 0 Å². The minimum Gasteiger partial charge on any atom is -0.347 e. The predicted molar refractivity (Wildman–Crippen MR) is 54.9 cm³/mol. The number of rotatable bonds is 1. The van der Waals surface area contributed by atoms with Gasteiger partial charge in [0.1, 0.15) is 0 Å². The summed E-state index contributed by atoms with van der Waals surface area (Å²) in [5.41, 5.74) is 2.79. The molecule has 2 rings (SSSR count). The number of nitrogens with zero attached hydrogens (tertiary/aromatic N) is 1. The molecule has 2 aromatic rings. The van der Waals surface area contributed by atoms with Crippen molar-refractivity contribution in [1.29, 1.82) is 0 Å². The van der Waals surface area contributed by atoms with Gasteiger partial charge in [-0.25, -0.2) is 0 Å². The summed E-state index contributed by atoms with van der Waals surface area (Å²) in [4.78, 5) is 0. The maximum Gasteiger partial charge on any atom is 0.0589 e. The van der Waals surface area contributed by atoms with Crippen LogP contribution in [0.4, 0.5) is 0 Å². The highest BCUT2D eigenvalue weighted by Crippen LogP contribution is 2.27. The topological polar surface area (TPSA) is 4.93 Å². The molecule has 0 aliphatic rings. The summed E-state index contributed by atoms with van der Waals surface area (Å²) in [6, 6.07) is 4.48. The van der Waals surface area contributed by atoms with Crippen LogP contribution >= 0.6 is 11.3 Å².